The molecule has 0 saturated carbocycles. The summed E-state index contributed by atoms with van der Waals surface area (Å²) in [5, 5.41) is 0. The third kappa shape index (κ3) is 7.92. The highest BCUT2D eigenvalue weighted by atomic mass is 16.5. The van der Waals surface area contributed by atoms with E-state index in [4.69, 9.17) is 9.47 Å². The quantitative estimate of drug-likeness (QED) is 0.510. The molecule has 0 N–H and O–H groups in total. The van der Waals surface area contributed by atoms with Crippen molar-refractivity contribution in [1.29, 1.82) is 0 Å². The molecule has 0 aliphatic heterocycles. The highest BCUT2D eigenvalue weighted by molar-refractivity contribution is 4.39. The third-order valence-electron chi connectivity index (χ3n) is 1.34. The molecule has 0 rings (SSSR count). The number of hydrogen-bond donors (Lipinski definition) is 0. The molecular weight excluding hydrogens is 128 g/mol. The molecule has 0 unspecified atom stereocenters. The van der Waals surface area contributed by atoms with Crippen molar-refractivity contribution in [3.8, 4) is 0 Å². The Balaban J connectivity index is 2.65. The molecule has 0 aliphatic carbocycles. The van der Waals surface area contributed by atoms with Crippen molar-refractivity contribution in [2.75, 3.05) is 26.9 Å². The van der Waals surface area contributed by atoms with Gasteiger partial charge in [0, 0.05) is 26.9 Å². The van der Waals surface area contributed by atoms with Gasteiger partial charge in [0.2, 0.25) is 0 Å². The number of hydrogen-bond acceptors (Lipinski definition) is 2. The van der Waals surface area contributed by atoms with E-state index in [1.54, 1.807) is 7.11 Å². The number of unbranched alkanes of at least 4 members (excludes halogenated alkanes) is 2. The standard InChI is InChI=1S/C8H18O2/c1-3-10-8-6-4-5-7-9-2/h3-8H2,1-2H3. The molecule has 2 nitrogen and oxygen atoms in total. The minimum absolute atomic E-state index is 0.838. The fraction of sp³-hybridized carbons (Fsp3) is 1.00. The van der Waals surface area contributed by atoms with Crippen LogP contribution >= 0.6 is 0 Å². The molecule has 0 saturated heterocycles. The minimum atomic E-state index is 0.838. The second-order valence-electron chi connectivity index (χ2n) is 2.25. The predicted molar refractivity (Wildman–Crippen MR) is 42.2 cm³/mol. The first kappa shape index (κ1) is 9.92. The van der Waals surface area contributed by atoms with Crippen molar-refractivity contribution in [3.05, 3.63) is 0 Å². The Kier molecular flexibility index (Phi) is 8.85. The summed E-state index contributed by atoms with van der Waals surface area (Å²) >= 11 is 0. The van der Waals surface area contributed by atoms with E-state index in [2.05, 4.69) is 0 Å². The Morgan fingerprint density at radius 1 is 1.00 bits per heavy atom. The molecule has 0 aromatic rings. The maximum Gasteiger partial charge on any atom is 0.0465 e. The van der Waals surface area contributed by atoms with E-state index in [1.807, 2.05) is 6.92 Å². The zero-order valence-electron chi connectivity index (χ0n) is 7.06. The topological polar surface area (TPSA) is 18.5 Å². The van der Waals surface area contributed by atoms with Gasteiger partial charge in [-0.15, -0.1) is 0 Å². The Morgan fingerprint density at radius 2 is 1.70 bits per heavy atom. The van der Waals surface area contributed by atoms with Crippen LogP contribution in [0.1, 0.15) is 26.2 Å². The second kappa shape index (κ2) is 8.92. The summed E-state index contributed by atoms with van der Waals surface area (Å²) in [6.45, 7) is 4.64. The molecule has 0 atom stereocenters. The van der Waals surface area contributed by atoms with E-state index in [-0.39, 0.29) is 0 Å². The van der Waals surface area contributed by atoms with Gasteiger partial charge in [-0.05, 0) is 26.2 Å². The molecule has 0 amide bonds. The zero-order valence-corrected chi connectivity index (χ0v) is 7.06. The third-order valence-corrected chi connectivity index (χ3v) is 1.34. The summed E-state index contributed by atoms with van der Waals surface area (Å²) in [7, 11) is 1.74. The second-order valence-corrected chi connectivity index (χ2v) is 2.25. The Morgan fingerprint density at radius 3 is 2.30 bits per heavy atom. The summed E-state index contributed by atoms with van der Waals surface area (Å²) in [5.41, 5.74) is 0. The smallest absolute Gasteiger partial charge is 0.0465 e. The molecule has 0 aliphatic rings. The maximum atomic E-state index is 5.17. The first-order chi connectivity index (χ1) is 4.91. The number of methoxy groups -OCH3 is 1. The molecule has 0 fully saturated rings. The summed E-state index contributed by atoms with van der Waals surface area (Å²) in [6.07, 6.45) is 3.54. The van der Waals surface area contributed by atoms with Gasteiger partial charge in [-0.2, -0.15) is 0 Å². The fourth-order valence-corrected chi connectivity index (χ4v) is 0.772. The molecular formula is C8H18O2. The van der Waals surface area contributed by atoms with E-state index in [0.29, 0.717) is 0 Å². The van der Waals surface area contributed by atoms with Gasteiger partial charge in [0.1, 0.15) is 0 Å². The Hall–Kier alpha value is -0.0800. The van der Waals surface area contributed by atoms with Crippen LogP contribution in [0.25, 0.3) is 0 Å². The van der Waals surface area contributed by atoms with E-state index in [9.17, 15) is 0 Å². The SMILES string of the molecule is CCOCCCCCOC. The van der Waals surface area contributed by atoms with Crippen LogP contribution in [0.5, 0.6) is 0 Å². The van der Waals surface area contributed by atoms with E-state index >= 15 is 0 Å². The van der Waals surface area contributed by atoms with Gasteiger partial charge in [-0.25, -0.2) is 0 Å². The van der Waals surface area contributed by atoms with Crippen molar-refractivity contribution in [3.63, 3.8) is 0 Å². The van der Waals surface area contributed by atoms with Crippen LogP contribution < -0.4 is 0 Å². The highest BCUT2D eigenvalue weighted by Gasteiger charge is 1.87. The van der Waals surface area contributed by atoms with Crippen molar-refractivity contribution in [1.82, 2.24) is 0 Å². The van der Waals surface area contributed by atoms with Crippen molar-refractivity contribution >= 4 is 0 Å². The van der Waals surface area contributed by atoms with Crippen LogP contribution in [0, 0.1) is 0 Å². The van der Waals surface area contributed by atoms with E-state index < -0.39 is 0 Å². The van der Waals surface area contributed by atoms with Gasteiger partial charge in [0.05, 0.1) is 0 Å². The van der Waals surface area contributed by atoms with Gasteiger partial charge in [0.25, 0.3) is 0 Å². The van der Waals surface area contributed by atoms with Crippen LogP contribution in [-0.2, 0) is 9.47 Å². The molecule has 0 bridgehead atoms. The van der Waals surface area contributed by atoms with Crippen molar-refractivity contribution in [2.45, 2.75) is 26.2 Å². The van der Waals surface area contributed by atoms with Crippen molar-refractivity contribution in [2.24, 2.45) is 0 Å². The number of ether oxygens (including phenoxy) is 2. The van der Waals surface area contributed by atoms with Gasteiger partial charge >= 0.3 is 0 Å². The molecule has 0 aromatic carbocycles. The van der Waals surface area contributed by atoms with E-state index in [0.717, 1.165) is 32.7 Å². The monoisotopic (exact) mass is 146 g/mol. The largest absolute Gasteiger partial charge is 0.385 e. The summed E-state index contributed by atoms with van der Waals surface area (Å²) in [5.74, 6) is 0. The molecule has 0 heterocycles. The normalized spacial score (nSPS) is 10.2. The molecule has 0 radical (unpaired) electrons. The molecule has 2 heteroatoms. The predicted octanol–water partition coefficient (Wildman–Crippen LogP) is 1.84. The van der Waals surface area contributed by atoms with Crippen LogP contribution in [0.4, 0.5) is 0 Å². The van der Waals surface area contributed by atoms with Gasteiger partial charge < -0.3 is 9.47 Å². The molecule has 10 heavy (non-hydrogen) atoms. The van der Waals surface area contributed by atoms with Crippen LogP contribution in [-0.4, -0.2) is 26.9 Å². The van der Waals surface area contributed by atoms with Crippen LogP contribution in [0.3, 0.4) is 0 Å². The average Bonchev–Trinajstić information content (AvgIpc) is 1.97. The van der Waals surface area contributed by atoms with Gasteiger partial charge in [-0.1, -0.05) is 0 Å². The van der Waals surface area contributed by atoms with Crippen molar-refractivity contribution < 1.29 is 9.47 Å². The lowest BCUT2D eigenvalue weighted by molar-refractivity contribution is 0.138. The first-order valence-electron chi connectivity index (χ1n) is 3.98. The average molecular weight is 146 g/mol. The molecule has 62 valence electrons. The number of rotatable bonds is 7. The lowest BCUT2D eigenvalue weighted by Crippen LogP contribution is -1.94. The summed E-state index contributed by atoms with van der Waals surface area (Å²) in [4.78, 5) is 0. The lowest BCUT2D eigenvalue weighted by Gasteiger charge is -2.00. The van der Waals surface area contributed by atoms with Gasteiger partial charge in [0.15, 0.2) is 0 Å². The fourth-order valence-electron chi connectivity index (χ4n) is 0.772. The van der Waals surface area contributed by atoms with Gasteiger partial charge in [-0.3, -0.25) is 0 Å². The van der Waals surface area contributed by atoms with Crippen LogP contribution in [0.2, 0.25) is 0 Å². The minimum Gasteiger partial charge on any atom is -0.385 e. The van der Waals surface area contributed by atoms with E-state index in [1.165, 1.54) is 6.42 Å². The zero-order chi connectivity index (χ0) is 7.66. The summed E-state index contributed by atoms with van der Waals surface area (Å²) < 4.78 is 10.1. The first-order valence-corrected chi connectivity index (χ1v) is 3.98. The van der Waals surface area contributed by atoms with Crippen LogP contribution in [0.15, 0.2) is 0 Å². The Labute approximate surface area is 63.5 Å². The lowest BCUT2D eigenvalue weighted by atomic mass is 10.2. The Bertz CT molecular complexity index is 47.2. The molecule has 0 aromatic heterocycles. The molecule has 0 spiro atoms. The maximum absolute atomic E-state index is 5.17. The highest BCUT2D eigenvalue weighted by Crippen LogP contribution is 1.95. The summed E-state index contributed by atoms with van der Waals surface area (Å²) in [6, 6.07) is 0.